The Morgan fingerprint density at radius 3 is 2.83 bits per heavy atom. The van der Waals surface area contributed by atoms with Crippen molar-refractivity contribution >= 4 is 5.91 Å². The van der Waals surface area contributed by atoms with E-state index in [9.17, 15) is 9.59 Å². The van der Waals surface area contributed by atoms with Crippen LogP contribution in [-0.4, -0.2) is 57.9 Å². The summed E-state index contributed by atoms with van der Waals surface area (Å²) in [6.07, 6.45) is 9.18. The first-order valence-corrected chi connectivity index (χ1v) is 8.76. The molecule has 1 amide bonds. The minimum atomic E-state index is -0.340. The van der Waals surface area contributed by atoms with E-state index in [-0.39, 0.29) is 17.0 Å². The summed E-state index contributed by atoms with van der Waals surface area (Å²) in [5.74, 6) is 1.23. The summed E-state index contributed by atoms with van der Waals surface area (Å²) in [5, 5.41) is 0. The largest absolute Gasteiger partial charge is 0.337 e. The number of aromatic nitrogens is 2. The molecule has 3 aliphatic heterocycles. The Labute approximate surface area is 135 Å². The maximum absolute atomic E-state index is 12.7. The summed E-state index contributed by atoms with van der Waals surface area (Å²) in [5.41, 5.74) is -0.174. The summed E-state index contributed by atoms with van der Waals surface area (Å²) in [7, 11) is 0. The quantitative estimate of drug-likeness (QED) is 0.907. The Hall–Kier alpha value is -1.69. The van der Waals surface area contributed by atoms with Gasteiger partial charge in [-0.25, -0.2) is 4.98 Å². The van der Waals surface area contributed by atoms with Gasteiger partial charge in [0.2, 0.25) is 0 Å². The molecule has 1 aliphatic carbocycles. The molecule has 3 saturated heterocycles. The first kappa shape index (κ1) is 14.9. The summed E-state index contributed by atoms with van der Waals surface area (Å²) in [4.78, 5) is 35.5. The monoisotopic (exact) mass is 316 g/mol. The van der Waals surface area contributed by atoms with Crippen LogP contribution in [-0.2, 0) is 0 Å². The van der Waals surface area contributed by atoms with E-state index in [0.29, 0.717) is 12.0 Å². The van der Waals surface area contributed by atoms with Gasteiger partial charge in [-0.1, -0.05) is 6.42 Å². The van der Waals surface area contributed by atoms with Gasteiger partial charge < -0.3 is 9.88 Å². The summed E-state index contributed by atoms with van der Waals surface area (Å²) < 4.78 is 0. The number of hydrogen-bond donors (Lipinski definition) is 1. The fraction of sp³-hybridized carbons (Fsp3) is 0.706. The average molecular weight is 316 g/mol. The van der Waals surface area contributed by atoms with Crippen LogP contribution in [0.25, 0.3) is 0 Å². The molecular formula is C17H24N4O2. The van der Waals surface area contributed by atoms with Gasteiger partial charge in [-0.3, -0.25) is 14.5 Å². The van der Waals surface area contributed by atoms with Crippen LogP contribution in [0.1, 0.15) is 42.5 Å². The van der Waals surface area contributed by atoms with Gasteiger partial charge in [-0.05, 0) is 37.5 Å². The third kappa shape index (κ3) is 2.92. The molecule has 4 aliphatic rings. The van der Waals surface area contributed by atoms with E-state index >= 15 is 0 Å². The summed E-state index contributed by atoms with van der Waals surface area (Å²) in [6, 6.07) is 0.453. The van der Waals surface area contributed by atoms with Crippen molar-refractivity contribution in [3.05, 3.63) is 28.4 Å². The molecule has 23 heavy (non-hydrogen) atoms. The Kier molecular flexibility index (Phi) is 3.93. The SMILES string of the molecule is O=C(c1cnc[nH]c1=O)N1C[C@H]2CC[C@@H](C1)N(CC1CCC1)C2. The van der Waals surface area contributed by atoms with Crippen LogP contribution in [0.4, 0.5) is 0 Å². The minimum Gasteiger partial charge on any atom is -0.337 e. The number of H-pyrrole nitrogens is 1. The van der Waals surface area contributed by atoms with Crippen molar-refractivity contribution in [2.45, 2.75) is 38.1 Å². The molecule has 2 atom stereocenters. The highest BCUT2D eigenvalue weighted by Crippen LogP contribution is 2.33. The maximum atomic E-state index is 12.7. The van der Waals surface area contributed by atoms with Crippen LogP contribution in [0.3, 0.4) is 0 Å². The fourth-order valence-electron chi connectivity index (χ4n) is 4.24. The lowest BCUT2D eigenvalue weighted by Crippen LogP contribution is -2.47. The predicted molar refractivity (Wildman–Crippen MR) is 86.2 cm³/mol. The van der Waals surface area contributed by atoms with Crippen LogP contribution in [0, 0.1) is 11.8 Å². The molecule has 0 spiro atoms. The Morgan fingerprint density at radius 2 is 2.09 bits per heavy atom. The zero-order valence-corrected chi connectivity index (χ0v) is 13.4. The summed E-state index contributed by atoms with van der Waals surface area (Å²) >= 11 is 0. The van der Waals surface area contributed by atoms with E-state index < -0.39 is 0 Å². The summed E-state index contributed by atoms with van der Waals surface area (Å²) in [6.45, 7) is 3.81. The Balaban J connectivity index is 1.50. The molecule has 4 fully saturated rings. The van der Waals surface area contributed by atoms with Gasteiger partial charge in [0.05, 0.1) is 6.33 Å². The van der Waals surface area contributed by atoms with Gasteiger partial charge in [-0.2, -0.15) is 0 Å². The number of carbonyl (C=O) groups is 1. The zero-order valence-electron chi connectivity index (χ0n) is 13.4. The van der Waals surface area contributed by atoms with Crippen molar-refractivity contribution in [1.29, 1.82) is 0 Å². The molecule has 1 aromatic rings. The highest BCUT2D eigenvalue weighted by atomic mass is 16.2. The second-order valence-electron chi connectivity index (χ2n) is 7.35. The molecule has 5 rings (SSSR count). The minimum absolute atomic E-state index is 0.165. The number of rotatable bonds is 3. The van der Waals surface area contributed by atoms with Gasteiger partial charge in [-0.15, -0.1) is 0 Å². The standard InChI is InChI=1S/C17H24N4O2/c22-16-15(6-18-11-19-16)17(23)21-9-13-4-5-14(10-21)20(8-13)7-12-2-1-3-12/h6,11-14H,1-5,7-10H2,(H,18,19,22)/t13-,14-/m0/s1. The molecule has 2 bridgehead atoms. The third-order valence-electron chi connectivity index (χ3n) is 5.78. The number of nitrogens with one attached hydrogen (secondary N) is 1. The fourth-order valence-corrected chi connectivity index (χ4v) is 4.24. The topological polar surface area (TPSA) is 69.3 Å². The molecule has 0 aromatic carbocycles. The number of nitrogens with zero attached hydrogens (tertiary/aromatic N) is 3. The molecule has 1 saturated carbocycles. The molecule has 0 unspecified atom stereocenters. The van der Waals surface area contributed by atoms with E-state index in [0.717, 1.165) is 25.6 Å². The van der Waals surface area contributed by atoms with Crippen LogP contribution in [0.15, 0.2) is 17.3 Å². The number of fused-ring (bicyclic) bond motifs is 4. The second kappa shape index (κ2) is 6.07. The smallest absolute Gasteiger partial charge is 0.263 e. The van der Waals surface area contributed by atoms with Crippen LogP contribution in [0.5, 0.6) is 0 Å². The van der Waals surface area contributed by atoms with E-state index in [2.05, 4.69) is 14.9 Å². The van der Waals surface area contributed by atoms with Gasteiger partial charge >= 0.3 is 0 Å². The number of amides is 1. The Morgan fingerprint density at radius 1 is 1.22 bits per heavy atom. The van der Waals surface area contributed by atoms with E-state index in [4.69, 9.17) is 0 Å². The first-order chi connectivity index (χ1) is 11.2. The Bertz CT molecular complexity index is 639. The van der Waals surface area contributed by atoms with Gasteiger partial charge in [0.25, 0.3) is 11.5 Å². The number of carbonyl (C=O) groups excluding carboxylic acids is 1. The third-order valence-corrected chi connectivity index (χ3v) is 5.78. The van der Waals surface area contributed by atoms with Gasteiger partial charge in [0.15, 0.2) is 0 Å². The van der Waals surface area contributed by atoms with E-state index in [1.165, 1.54) is 51.2 Å². The lowest BCUT2D eigenvalue weighted by molar-refractivity contribution is 0.0715. The lowest BCUT2D eigenvalue weighted by atomic mass is 9.83. The molecule has 6 nitrogen and oxygen atoms in total. The molecule has 0 radical (unpaired) electrons. The van der Waals surface area contributed by atoms with Crippen LogP contribution in [0.2, 0.25) is 0 Å². The van der Waals surface area contributed by atoms with Gasteiger partial charge in [0, 0.05) is 38.4 Å². The highest BCUT2D eigenvalue weighted by Gasteiger charge is 2.38. The van der Waals surface area contributed by atoms with Crippen molar-refractivity contribution in [2.75, 3.05) is 26.2 Å². The van der Waals surface area contributed by atoms with Crippen LogP contribution >= 0.6 is 0 Å². The number of hydrogen-bond acceptors (Lipinski definition) is 4. The lowest BCUT2D eigenvalue weighted by Gasteiger charge is -2.40. The maximum Gasteiger partial charge on any atom is 0.263 e. The second-order valence-corrected chi connectivity index (χ2v) is 7.35. The van der Waals surface area contributed by atoms with E-state index in [1.807, 2.05) is 4.90 Å². The number of piperidine rings is 1. The molecule has 124 valence electrons. The predicted octanol–water partition coefficient (Wildman–Crippen LogP) is 1.11. The highest BCUT2D eigenvalue weighted by molar-refractivity contribution is 5.93. The van der Waals surface area contributed by atoms with Gasteiger partial charge in [0.1, 0.15) is 5.56 Å². The normalized spacial score (nSPS) is 28.4. The average Bonchev–Trinajstić information content (AvgIpc) is 2.82. The molecule has 1 aromatic heterocycles. The molecular weight excluding hydrogens is 292 g/mol. The molecule has 4 heterocycles. The molecule has 1 N–H and O–H groups in total. The first-order valence-electron chi connectivity index (χ1n) is 8.76. The van der Waals surface area contributed by atoms with Crippen molar-refractivity contribution in [2.24, 2.45) is 11.8 Å². The number of aromatic amines is 1. The van der Waals surface area contributed by atoms with Crippen molar-refractivity contribution in [3.63, 3.8) is 0 Å². The van der Waals surface area contributed by atoms with Crippen LogP contribution < -0.4 is 5.56 Å². The van der Waals surface area contributed by atoms with E-state index in [1.54, 1.807) is 0 Å². The zero-order chi connectivity index (χ0) is 15.8. The van der Waals surface area contributed by atoms with Crippen molar-refractivity contribution in [1.82, 2.24) is 19.8 Å². The molecule has 6 heteroatoms. The van der Waals surface area contributed by atoms with Crippen molar-refractivity contribution < 1.29 is 4.79 Å². The van der Waals surface area contributed by atoms with Crippen molar-refractivity contribution in [3.8, 4) is 0 Å².